The number of fused-ring (bicyclic) bond motifs is 5. The van der Waals surface area contributed by atoms with Crippen LogP contribution in [0.4, 0.5) is 0 Å². The molecule has 0 unspecified atom stereocenters. The molecule has 0 aromatic rings. The van der Waals surface area contributed by atoms with E-state index in [1.54, 1.807) is 0 Å². The molecule has 0 radical (unpaired) electrons. The Labute approximate surface area is 184 Å². The van der Waals surface area contributed by atoms with Gasteiger partial charge in [-0.1, -0.05) is 13.8 Å². The van der Waals surface area contributed by atoms with Crippen molar-refractivity contribution in [3.8, 4) is 0 Å². The molecule has 7 heteroatoms. The molecule has 31 heavy (non-hydrogen) atoms. The molecule has 3 aliphatic carbocycles. The van der Waals surface area contributed by atoms with Gasteiger partial charge in [0.2, 0.25) is 0 Å². The van der Waals surface area contributed by atoms with E-state index >= 15 is 0 Å². The lowest BCUT2D eigenvalue weighted by atomic mass is 9.39. The first-order valence-electron chi connectivity index (χ1n) is 11.8. The molecule has 9 atom stereocenters. The van der Waals surface area contributed by atoms with Gasteiger partial charge in [-0.2, -0.15) is 0 Å². The summed E-state index contributed by atoms with van der Waals surface area (Å²) in [6.45, 7) is 10.1. The summed E-state index contributed by atoms with van der Waals surface area (Å²) in [5.74, 6) is -0.851. The Bertz CT molecular complexity index is 776. The minimum Gasteiger partial charge on any atom is -0.458 e. The molecule has 7 nitrogen and oxygen atoms in total. The number of esters is 1. The molecule has 0 amide bonds. The van der Waals surface area contributed by atoms with Crippen molar-refractivity contribution in [3.63, 3.8) is 0 Å². The Morgan fingerprint density at radius 1 is 1.06 bits per heavy atom. The summed E-state index contributed by atoms with van der Waals surface area (Å²) in [6.07, 6.45) is 2.26. The Morgan fingerprint density at radius 3 is 2.45 bits per heavy atom. The number of aliphatic hydroxyl groups is 1. The van der Waals surface area contributed by atoms with Gasteiger partial charge in [0, 0.05) is 30.6 Å². The molecule has 3 saturated heterocycles. The van der Waals surface area contributed by atoms with Crippen LogP contribution in [0.1, 0.15) is 60.3 Å². The number of rotatable bonds is 3. The fraction of sp³-hybridized carbons (Fsp3) is 0.917. The molecular weight excluding hydrogens is 400 g/mol. The summed E-state index contributed by atoms with van der Waals surface area (Å²) in [5, 5.41) is 11.4. The highest BCUT2D eigenvalue weighted by molar-refractivity contribution is 5.84. The largest absolute Gasteiger partial charge is 0.458 e. The van der Waals surface area contributed by atoms with Gasteiger partial charge >= 0.3 is 5.97 Å². The standard InChI is InChI=1S/C24H36O7/c1-12(25)28-10-16(26)13-6-7-15-14(8-13)19-20(31-23(4,5)30-19)21-22(2,3)18-9-17(27)24(15,21)11-29-18/h13-15,17-21,27H,6-11H2,1-5H3/t13-,14-,15-,17-,18-,19-,20-,21-,24-/m1/s1. The highest BCUT2D eigenvalue weighted by atomic mass is 16.8. The van der Waals surface area contributed by atoms with Crippen LogP contribution in [-0.2, 0) is 28.5 Å². The molecule has 3 aliphatic heterocycles. The first kappa shape index (κ1) is 21.8. The van der Waals surface area contributed by atoms with Gasteiger partial charge in [0.05, 0.1) is 31.0 Å². The maximum Gasteiger partial charge on any atom is 0.303 e. The van der Waals surface area contributed by atoms with Gasteiger partial charge < -0.3 is 24.1 Å². The number of hydrogen-bond donors (Lipinski definition) is 1. The number of hydrogen-bond acceptors (Lipinski definition) is 7. The van der Waals surface area contributed by atoms with Crippen LogP contribution in [0.15, 0.2) is 0 Å². The normalized spacial score (nSPS) is 49.0. The predicted molar refractivity (Wildman–Crippen MR) is 110 cm³/mol. The number of Topliss-reactive ketones (excluding diaryl/α,β-unsaturated/α-hetero) is 1. The van der Waals surface area contributed by atoms with Gasteiger partial charge in [-0.25, -0.2) is 0 Å². The maximum atomic E-state index is 12.8. The van der Waals surface area contributed by atoms with Crippen LogP contribution < -0.4 is 0 Å². The Morgan fingerprint density at radius 2 is 1.77 bits per heavy atom. The van der Waals surface area contributed by atoms with Gasteiger partial charge in [-0.3, -0.25) is 9.59 Å². The summed E-state index contributed by atoms with van der Waals surface area (Å²) in [6, 6.07) is 0. The van der Waals surface area contributed by atoms with Crippen LogP contribution in [0.25, 0.3) is 0 Å². The lowest BCUT2D eigenvalue weighted by molar-refractivity contribution is -0.330. The van der Waals surface area contributed by atoms with E-state index in [0.29, 0.717) is 19.4 Å². The zero-order chi connectivity index (χ0) is 22.3. The van der Waals surface area contributed by atoms with Crippen molar-refractivity contribution in [2.45, 2.75) is 90.5 Å². The molecule has 3 heterocycles. The Kier molecular flexibility index (Phi) is 4.92. The van der Waals surface area contributed by atoms with Crippen molar-refractivity contribution in [2.24, 2.45) is 34.5 Å². The monoisotopic (exact) mass is 436 g/mol. The van der Waals surface area contributed by atoms with Crippen LogP contribution in [0, 0.1) is 34.5 Å². The summed E-state index contributed by atoms with van der Waals surface area (Å²) < 4.78 is 24.3. The summed E-state index contributed by atoms with van der Waals surface area (Å²) in [5.41, 5.74) is -0.505. The molecule has 6 fully saturated rings. The predicted octanol–water partition coefficient (Wildman–Crippen LogP) is 2.48. The van der Waals surface area contributed by atoms with Crippen molar-refractivity contribution in [1.82, 2.24) is 0 Å². The fourth-order valence-corrected chi connectivity index (χ4v) is 8.08. The van der Waals surface area contributed by atoms with Crippen molar-refractivity contribution in [2.75, 3.05) is 13.2 Å². The second-order valence-electron chi connectivity index (χ2n) is 11.6. The smallest absolute Gasteiger partial charge is 0.303 e. The van der Waals surface area contributed by atoms with E-state index in [0.717, 1.165) is 12.8 Å². The van der Waals surface area contributed by atoms with Gasteiger partial charge in [-0.15, -0.1) is 0 Å². The maximum absolute atomic E-state index is 12.8. The third kappa shape index (κ3) is 3.06. The third-order valence-electron chi connectivity index (χ3n) is 9.18. The van der Waals surface area contributed by atoms with Crippen LogP contribution in [0.5, 0.6) is 0 Å². The summed E-state index contributed by atoms with van der Waals surface area (Å²) >= 11 is 0. The second-order valence-corrected chi connectivity index (χ2v) is 11.6. The number of ketones is 1. The number of ether oxygens (including phenoxy) is 4. The molecule has 0 aromatic heterocycles. The number of aliphatic hydroxyl groups excluding tert-OH is 1. The van der Waals surface area contributed by atoms with Crippen molar-refractivity contribution >= 4 is 11.8 Å². The van der Waals surface area contributed by atoms with E-state index in [4.69, 9.17) is 18.9 Å². The first-order chi connectivity index (χ1) is 14.5. The van der Waals surface area contributed by atoms with Gasteiger partial charge in [0.15, 0.2) is 11.6 Å². The average molecular weight is 437 g/mol. The molecule has 6 rings (SSSR count). The van der Waals surface area contributed by atoms with Gasteiger partial charge in [-0.05, 0) is 50.4 Å². The van der Waals surface area contributed by atoms with E-state index in [9.17, 15) is 14.7 Å². The third-order valence-corrected chi connectivity index (χ3v) is 9.18. The van der Waals surface area contributed by atoms with Crippen LogP contribution >= 0.6 is 0 Å². The van der Waals surface area contributed by atoms with Crippen molar-refractivity contribution in [3.05, 3.63) is 0 Å². The molecule has 2 bridgehead atoms. The summed E-state index contributed by atoms with van der Waals surface area (Å²) in [7, 11) is 0. The van der Waals surface area contributed by atoms with E-state index in [1.165, 1.54) is 6.92 Å². The minimum atomic E-state index is -0.696. The van der Waals surface area contributed by atoms with Crippen LogP contribution in [0.2, 0.25) is 0 Å². The van der Waals surface area contributed by atoms with Gasteiger partial charge in [0.25, 0.3) is 0 Å². The highest BCUT2D eigenvalue weighted by Crippen LogP contribution is 2.69. The molecule has 1 N–H and O–H groups in total. The topological polar surface area (TPSA) is 91.3 Å². The van der Waals surface area contributed by atoms with E-state index in [-0.39, 0.29) is 65.2 Å². The molecule has 0 aromatic carbocycles. The Hall–Kier alpha value is -1.02. The van der Waals surface area contributed by atoms with Crippen LogP contribution in [-0.4, -0.2) is 60.3 Å². The van der Waals surface area contributed by atoms with Crippen molar-refractivity contribution in [1.29, 1.82) is 0 Å². The molecule has 1 spiro atoms. The molecule has 174 valence electrons. The number of carbonyl (C=O) groups excluding carboxylic acids is 2. The fourth-order valence-electron chi connectivity index (χ4n) is 8.08. The lowest BCUT2D eigenvalue weighted by Crippen LogP contribution is -2.75. The molecule has 3 saturated carbocycles. The first-order valence-corrected chi connectivity index (χ1v) is 11.8. The van der Waals surface area contributed by atoms with Crippen molar-refractivity contribution < 1.29 is 33.6 Å². The summed E-state index contributed by atoms with van der Waals surface area (Å²) in [4.78, 5) is 23.9. The van der Waals surface area contributed by atoms with Crippen LogP contribution in [0.3, 0.4) is 0 Å². The van der Waals surface area contributed by atoms with E-state index in [1.807, 2.05) is 13.8 Å². The van der Waals surface area contributed by atoms with Gasteiger partial charge in [0.1, 0.15) is 6.61 Å². The van der Waals surface area contributed by atoms with E-state index < -0.39 is 17.9 Å². The SMILES string of the molecule is CC(=O)OCC(=O)[C@@H]1CC[C@@H]2[C@@H](C1)[C@H]1OC(C)(C)O[C@H]1[C@@H]1C(C)(C)[C@H]3C[C@@H](O)[C@@]21CO3. The minimum absolute atomic E-state index is 0.0144. The zero-order valence-corrected chi connectivity index (χ0v) is 19.3. The highest BCUT2D eigenvalue weighted by Gasteiger charge is 2.74. The van der Waals surface area contributed by atoms with E-state index in [2.05, 4.69) is 13.8 Å². The zero-order valence-electron chi connectivity index (χ0n) is 19.3. The lowest BCUT2D eigenvalue weighted by Gasteiger charge is -2.70. The Balaban J connectivity index is 1.50. The molecular formula is C24H36O7. The number of carbonyl (C=O) groups is 2. The second kappa shape index (κ2) is 6.99. The molecule has 6 aliphatic rings. The quantitative estimate of drug-likeness (QED) is 0.680. The average Bonchev–Trinajstić information content (AvgIpc) is 3.01.